The number of nitrogens with zero attached hydrogens (tertiary/aromatic N) is 6. The van der Waals surface area contributed by atoms with Crippen LogP contribution in [0.1, 0.15) is 22.5 Å². The van der Waals surface area contributed by atoms with Crippen molar-refractivity contribution in [3.8, 4) is 0 Å². The zero-order chi connectivity index (χ0) is 19.2. The van der Waals surface area contributed by atoms with Gasteiger partial charge in [0.2, 0.25) is 11.9 Å². The van der Waals surface area contributed by atoms with E-state index in [0.29, 0.717) is 19.0 Å². The summed E-state index contributed by atoms with van der Waals surface area (Å²) in [5.74, 6) is -0.230. The van der Waals surface area contributed by atoms with Gasteiger partial charge >= 0.3 is 6.18 Å². The predicted molar refractivity (Wildman–Crippen MR) is 85.2 cm³/mol. The van der Waals surface area contributed by atoms with Crippen LogP contribution in [0.5, 0.6) is 0 Å². The van der Waals surface area contributed by atoms with E-state index in [0.717, 1.165) is 18.7 Å². The van der Waals surface area contributed by atoms with Crippen molar-refractivity contribution < 1.29 is 23.2 Å². The van der Waals surface area contributed by atoms with Crippen LogP contribution in [0.3, 0.4) is 0 Å². The number of anilines is 2. The predicted octanol–water partition coefficient (Wildman–Crippen LogP) is 0.872. The molecule has 0 spiro atoms. The summed E-state index contributed by atoms with van der Waals surface area (Å²) < 4.78 is 38.6. The Morgan fingerprint density at radius 2 is 1.74 bits per heavy atom. The number of hydroxylamine groups is 1. The third kappa shape index (κ3) is 3.12. The SMILES string of the molecule is O=C(NO)c1cnc(N2C[C@@H]3C[C@H]2CN3c2nccc(C(F)(F)F)n2)nc1. The summed E-state index contributed by atoms with van der Waals surface area (Å²) in [4.78, 5) is 30.9. The number of carbonyl (C=O) groups is 1. The molecule has 2 aromatic rings. The molecule has 9 nitrogen and oxygen atoms in total. The fourth-order valence-corrected chi connectivity index (χ4v) is 3.45. The summed E-state index contributed by atoms with van der Waals surface area (Å²) >= 11 is 0. The van der Waals surface area contributed by atoms with Crippen molar-refractivity contribution >= 4 is 17.8 Å². The number of aromatic nitrogens is 4. The lowest BCUT2D eigenvalue weighted by Gasteiger charge is -2.34. The smallest absolute Gasteiger partial charge is 0.334 e. The first kappa shape index (κ1) is 17.4. The summed E-state index contributed by atoms with van der Waals surface area (Å²) in [6.45, 7) is 0.962. The van der Waals surface area contributed by atoms with Gasteiger partial charge in [0.15, 0.2) is 0 Å². The van der Waals surface area contributed by atoms with Gasteiger partial charge in [-0.15, -0.1) is 0 Å². The molecule has 142 valence electrons. The molecule has 2 aliphatic heterocycles. The number of alkyl halides is 3. The summed E-state index contributed by atoms with van der Waals surface area (Å²) in [6, 6.07) is 0.801. The molecule has 4 heterocycles. The second kappa shape index (κ2) is 6.30. The summed E-state index contributed by atoms with van der Waals surface area (Å²) in [5.41, 5.74) is 0.654. The van der Waals surface area contributed by atoms with E-state index < -0.39 is 17.8 Å². The normalized spacial score (nSPS) is 21.6. The minimum Gasteiger partial charge on any atom is -0.334 e. The molecule has 2 fully saturated rings. The molecule has 2 atom stereocenters. The molecule has 12 heteroatoms. The van der Waals surface area contributed by atoms with Gasteiger partial charge in [-0.2, -0.15) is 13.2 Å². The Morgan fingerprint density at radius 3 is 2.30 bits per heavy atom. The second-order valence-corrected chi connectivity index (χ2v) is 6.30. The quantitative estimate of drug-likeness (QED) is 0.596. The molecule has 2 saturated heterocycles. The lowest BCUT2D eigenvalue weighted by molar-refractivity contribution is -0.141. The Kier molecular flexibility index (Phi) is 4.06. The highest BCUT2D eigenvalue weighted by molar-refractivity contribution is 5.92. The average molecular weight is 381 g/mol. The molecular formula is C15H14F3N7O2. The molecule has 0 radical (unpaired) electrons. The Bertz CT molecular complexity index is 861. The monoisotopic (exact) mass is 381 g/mol. The molecule has 2 N–H and O–H groups in total. The summed E-state index contributed by atoms with van der Waals surface area (Å²) in [7, 11) is 0. The van der Waals surface area contributed by atoms with Crippen LogP contribution in [0, 0.1) is 0 Å². The van der Waals surface area contributed by atoms with Gasteiger partial charge in [0.05, 0.1) is 17.6 Å². The molecular weight excluding hydrogens is 367 g/mol. The van der Waals surface area contributed by atoms with Gasteiger partial charge in [0, 0.05) is 31.7 Å². The van der Waals surface area contributed by atoms with E-state index in [2.05, 4.69) is 19.9 Å². The van der Waals surface area contributed by atoms with Gasteiger partial charge in [0.1, 0.15) is 5.69 Å². The van der Waals surface area contributed by atoms with Crippen molar-refractivity contribution in [2.24, 2.45) is 0 Å². The molecule has 4 rings (SSSR count). The number of piperazine rings is 1. The third-order valence-corrected chi connectivity index (χ3v) is 4.69. The third-order valence-electron chi connectivity index (χ3n) is 4.69. The lowest BCUT2D eigenvalue weighted by Crippen LogP contribution is -2.47. The molecule has 2 bridgehead atoms. The molecule has 1 amide bonds. The van der Waals surface area contributed by atoms with Crippen LogP contribution in [0.4, 0.5) is 25.1 Å². The molecule has 27 heavy (non-hydrogen) atoms. The van der Waals surface area contributed by atoms with Crippen molar-refractivity contribution in [3.63, 3.8) is 0 Å². The second-order valence-electron chi connectivity index (χ2n) is 6.30. The van der Waals surface area contributed by atoms with Crippen molar-refractivity contribution in [1.29, 1.82) is 0 Å². The first-order valence-electron chi connectivity index (χ1n) is 8.07. The zero-order valence-electron chi connectivity index (χ0n) is 13.8. The molecule has 0 aliphatic carbocycles. The fourth-order valence-electron chi connectivity index (χ4n) is 3.45. The van der Waals surface area contributed by atoms with E-state index in [-0.39, 0.29) is 23.6 Å². The lowest BCUT2D eigenvalue weighted by atomic mass is 10.2. The number of halogens is 3. The first-order chi connectivity index (χ1) is 12.9. The minimum absolute atomic E-state index is 0.00524. The molecule has 0 aromatic carbocycles. The van der Waals surface area contributed by atoms with E-state index in [1.54, 1.807) is 4.90 Å². The standard InChI is InChI=1S/C15H14F3N7O2/c16-15(17,18)11-1-2-19-14(22-11)25-7-9-3-10(25)6-24(9)13-20-4-8(5-21-13)12(26)23-27/h1-2,4-5,9-10,27H,3,6-7H2,(H,23,26)/t9-,10-/m0/s1. The van der Waals surface area contributed by atoms with E-state index in [9.17, 15) is 18.0 Å². The maximum atomic E-state index is 12.9. The van der Waals surface area contributed by atoms with Crippen molar-refractivity contribution in [1.82, 2.24) is 25.4 Å². The van der Waals surface area contributed by atoms with Crippen LogP contribution in [0.15, 0.2) is 24.7 Å². The fraction of sp³-hybridized carbons (Fsp3) is 0.400. The topological polar surface area (TPSA) is 107 Å². The van der Waals surface area contributed by atoms with Crippen LogP contribution in [-0.4, -0.2) is 56.2 Å². The van der Waals surface area contributed by atoms with E-state index in [4.69, 9.17) is 5.21 Å². The molecule has 0 unspecified atom stereocenters. The van der Waals surface area contributed by atoms with Gasteiger partial charge in [-0.3, -0.25) is 10.0 Å². The molecule has 2 aromatic heterocycles. The van der Waals surface area contributed by atoms with Gasteiger partial charge in [0.25, 0.3) is 5.91 Å². The average Bonchev–Trinajstić information content (AvgIpc) is 3.28. The minimum atomic E-state index is -4.51. The Labute approximate surface area is 150 Å². The van der Waals surface area contributed by atoms with E-state index in [1.807, 2.05) is 4.90 Å². The number of hydrogen-bond donors (Lipinski definition) is 2. The number of nitrogens with one attached hydrogen (secondary N) is 1. The zero-order valence-corrected chi connectivity index (χ0v) is 13.8. The molecule has 0 saturated carbocycles. The van der Waals surface area contributed by atoms with Crippen LogP contribution in [0.25, 0.3) is 0 Å². The van der Waals surface area contributed by atoms with Crippen LogP contribution in [-0.2, 0) is 6.18 Å². The number of carbonyl (C=O) groups excluding carboxylic acids is 1. The highest BCUT2D eigenvalue weighted by atomic mass is 19.4. The number of hydrogen-bond acceptors (Lipinski definition) is 8. The van der Waals surface area contributed by atoms with Gasteiger partial charge in [-0.05, 0) is 12.5 Å². The van der Waals surface area contributed by atoms with Crippen molar-refractivity contribution in [3.05, 3.63) is 35.9 Å². The number of amides is 1. The first-order valence-corrected chi connectivity index (χ1v) is 8.07. The highest BCUT2D eigenvalue weighted by Crippen LogP contribution is 2.36. The maximum absolute atomic E-state index is 12.9. The Balaban J connectivity index is 1.49. The summed E-state index contributed by atoms with van der Waals surface area (Å²) in [6.07, 6.45) is -0.0785. The number of rotatable bonds is 3. The summed E-state index contributed by atoms with van der Waals surface area (Å²) in [5, 5.41) is 8.61. The highest BCUT2D eigenvalue weighted by Gasteiger charge is 2.46. The largest absolute Gasteiger partial charge is 0.433 e. The molecule has 2 aliphatic rings. The van der Waals surface area contributed by atoms with Gasteiger partial charge < -0.3 is 9.80 Å². The van der Waals surface area contributed by atoms with E-state index >= 15 is 0 Å². The maximum Gasteiger partial charge on any atom is 0.433 e. The van der Waals surface area contributed by atoms with E-state index in [1.165, 1.54) is 17.9 Å². The van der Waals surface area contributed by atoms with Crippen molar-refractivity contribution in [2.75, 3.05) is 22.9 Å². The van der Waals surface area contributed by atoms with Crippen LogP contribution >= 0.6 is 0 Å². The van der Waals surface area contributed by atoms with Gasteiger partial charge in [-0.25, -0.2) is 25.4 Å². The Morgan fingerprint density at radius 1 is 1.11 bits per heavy atom. The van der Waals surface area contributed by atoms with Crippen molar-refractivity contribution in [2.45, 2.75) is 24.7 Å². The van der Waals surface area contributed by atoms with Gasteiger partial charge in [-0.1, -0.05) is 0 Å². The number of fused-ring (bicyclic) bond motifs is 2. The van der Waals surface area contributed by atoms with Crippen LogP contribution < -0.4 is 15.3 Å². The van der Waals surface area contributed by atoms with Crippen LogP contribution in [0.2, 0.25) is 0 Å². The Hall–Kier alpha value is -3.02.